The van der Waals surface area contributed by atoms with Crippen LogP contribution in [-0.4, -0.2) is 47.3 Å². The van der Waals surface area contributed by atoms with E-state index in [1.54, 1.807) is 0 Å². The zero-order valence-electron chi connectivity index (χ0n) is 11.2. The van der Waals surface area contributed by atoms with E-state index in [9.17, 15) is 19.2 Å². The second-order valence-electron chi connectivity index (χ2n) is 3.83. The smallest absolute Gasteiger partial charge is 0.339 e. The molecule has 2 N–H and O–H groups in total. The fourth-order valence-electron chi connectivity index (χ4n) is 1.39. The van der Waals surface area contributed by atoms with Crippen LogP contribution in [0.25, 0.3) is 0 Å². The summed E-state index contributed by atoms with van der Waals surface area (Å²) in [6.07, 6.45) is 1.32. The Bertz CT molecular complexity index is 617. The molecular weight excluding hydrogens is 296 g/mol. The molecule has 8 heteroatoms. The molecule has 8 nitrogen and oxygen atoms in total. The number of carbonyl (C=O) groups excluding carboxylic acids is 2. The van der Waals surface area contributed by atoms with Crippen molar-refractivity contribution in [2.75, 3.05) is 13.2 Å². The second kappa shape index (κ2) is 8.20. The molecular formula is C14H12O8. The van der Waals surface area contributed by atoms with Gasteiger partial charge in [-0.05, 0) is 12.1 Å². The molecule has 0 fully saturated rings. The molecule has 0 atom stereocenters. The maximum absolute atomic E-state index is 11.7. The van der Waals surface area contributed by atoms with Gasteiger partial charge in [-0.3, -0.25) is 0 Å². The van der Waals surface area contributed by atoms with Crippen LogP contribution >= 0.6 is 0 Å². The average Bonchev–Trinajstić information content (AvgIpc) is 2.49. The molecule has 0 spiro atoms. The summed E-state index contributed by atoms with van der Waals surface area (Å²) in [6, 6.07) is 5.51. The Balaban J connectivity index is 2.46. The van der Waals surface area contributed by atoms with Crippen molar-refractivity contribution in [1.29, 1.82) is 0 Å². The summed E-state index contributed by atoms with van der Waals surface area (Å²) < 4.78 is 9.35. The van der Waals surface area contributed by atoms with Gasteiger partial charge in [0.1, 0.15) is 13.2 Å². The minimum atomic E-state index is -1.30. The molecule has 0 aliphatic heterocycles. The number of ether oxygens (including phenoxy) is 2. The van der Waals surface area contributed by atoms with Crippen molar-refractivity contribution in [3.05, 3.63) is 47.5 Å². The minimum Gasteiger partial charge on any atom is -0.478 e. The predicted octanol–water partition coefficient (Wildman–Crippen LogP) is 0.726. The largest absolute Gasteiger partial charge is 0.478 e. The Morgan fingerprint density at radius 1 is 0.909 bits per heavy atom. The molecule has 0 amide bonds. The fourth-order valence-corrected chi connectivity index (χ4v) is 1.39. The van der Waals surface area contributed by atoms with Crippen LogP contribution in [0.4, 0.5) is 0 Å². The topological polar surface area (TPSA) is 127 Å². The Kier molecular flexibility index (Phi) is 6.30. The third-order valence-electron chi connectivity index (χ3n) is 2.30. The van der Waals surface area contributed by atoms with E-state index in [4.69, 9.17) is 14.9 Å². The standard InChI is InChI=1S/C14H12O8/c15-11(16)5-6-12(17)21-7-8-22-14(20)10-4-2-1-3-9(10)13(18)19/h1-6H,7-8H2,(H,15,16)(H,18,19)/b6-5+. The zero-order valence-corrected chi connectivity index (χ0v) is 11.2. The van der Waals surface area contributed by atoms with Gasteiger partial charge in [0.25, 0.3) is 0 Å². The third-order valence-corrected chi connectivity index (χ3v) is 2.30. The molecule has 0 saturated carbocycles. The molecule has 0 saturated heterocycles. The second-order valence-corrected chi connectivity index (χ2v) is 3.83. The van der Waals surface area contributed by atoms with Crippen molar-refractivity contribution in [2.24, 2.45) is 0 Å². The van der Waals surface area contributed by atoms with Gasteiger partial charge in [0.15, 0.2) is 0 Å². The van der Waals surface area contributed by atoms with Crippen LogP contribution in [0.5, 0.6) is 0 Å². The Labute approximate surface area is 124 Å². The van der Waals surface area contributed by atoms with Crippen LogP contribution in [0.3, 0.4) is 0 Å². The van der Waals surface area contributed by atoms with E-state index in [-0.39, 0.29) is 24.3 Å². The molecule has 1 aromatic carbocycles. The number of hydrogen-bond donors (Lipinski definition) is 2. The van der Waals surface area contributed by atoms with Crippen molar-refractivity contribution in [3.8, 4) is 0 Å². The zero-order chi connectivity index (χ0) is 16.5. The van der Waals surface area contributed by atoms with Crippen LogP contribution in [-0.2, 0) is 19.1 Å². The van der Waals surface area contributed by atoms with Gasteiger partial charge in [-0.15, -0.1) is 0 Å². The van der Waals surface area contributed by atoms with E-state index in [0.29, 0.717) is 12.2 Å². The quantitative estimate of drug-likeness (QED) is 0.428. The van der Waals surface area contributed by atoms with Gasteiger partial charge in [-0.2, -0.15) is 0 Å². The van der Waals surface area contributed by atoms with Crippen molar-refractivity contribution in [1.82, 2.24) is 0 Å². The molecule has 0 aliphatic rings. The van der Waals surface area contributed by atoms with Gasteiger partial charge in [0, 0.05) is 12.2 Å². The summed E-state index contributed by atoms with van der Waals surface area (Å²) in [4.78, 5) is 43.8. The molecule has 0 aliphatic carbocycles. The summed E-state index contributed by atoms with van der Waals surface area (Å²) in [5.74, 6) is -4.33. The van der Waals surface area contributed by atoms with Gasteiger partial charge in [-0.1, -0.05) is 12.1 Å². The number of carboxylic acid groups (broad SMARTS) is 2. The molecule has 0 bridgehead atoms. The van der Waals surface area contributed by atoms with E-state index in [1.807, 2.05) is 0 Å². The molecule has 0 aromatic heterocycles. The van der Waals surface area contributed by atoms with Crippen molar-refractivity contribution >= 4 is 23.9 Å². The lowest BCUT2D eigenvalue weighted by Crippen LogP contribution is -2.15. The van der Waals surface area contributed by atoms with E-state index in [1.165, 1.54) is 24.3 Å². The minimum absolute atomic E-state index is 0.118. The van der Waals surface area contributed by atoms with Crippen LogP contribution < -0.4 is 0 Å². The van der Waals surface area contributed by atoms with Crippen molar-refractivity contribution < 1.29 is 38.9 Å². The Hall–Kier alpha value is -3.16. The normalized spacial score (nSPS) is 10.2. The SMILES string of the molecule is O=C(O)/C=C/C(=O)OCCOC(=O)c1ccccc1C(=O)O. The summed E-state index contributed by atoms with van der Waals surface area (Å²) in [7, 11) is 0. The third kappa shape index (κ3) is 5.45. The van der Waals surface area contributed by atoms with E-state index in [2.05, 4.69) is 4.74 Å². The number of hydrogen-bond acceptors (Lipinski definition) is 6. The number of benzene rings is 1. The maximum Gasteiger partial charge on any atom is 0.339 e. The molecule has 0 radical (unpaired) electrons. The predicted molar refractivity (Wildman–Crippen MR) is 71.4 cm³/mol. The lowest BCUT2D eigenvalue weighted by atomic mass is 10.1. The first kappa shape index (κ1) is 16.9. The van der Waals surface area contributed by atoms with Crippen LogP contribution in [0.15, 0.2) is 36.4 Å². The highest BCUT2D eigenvalue weighted by Gasteiger charge is 2.16. The van der Waals surface area contributed by atoms with Crippen LogP contribution in [0.1, 0.15) is 20.7 Å². The van der Waals surface area contributed by atoms with Crippen LogP contribution in [0.2, 0.25) is 0 Å². The van der Waals surface area contributed by atoms with Crippen molar-refractivity contribution in [3.63, 3.8) is 0 Å². The van der Waals surface area contributed by atoms with Crippen LogP contribution in [0, 0.1) is 0 Å². The average molecular weight is 308 g/mol. The van der Waals surface area contributed by atoms with Gasteiger partial charge in [0.05, 0.1) is 11.1 Å². The number of aromatic carboxylic acids is 1. The lowest BCUT2D eigenvalue weighted by molar-refractivity contribution is -0.139. The number of carbonyl (C=O) groups is 4. The fraction of sp³-hybridized carbons (Fsp3) is 0.143. The lowest BCUT2D eigenvalue weighted by Gasteiger charge is -2.07. The van der Waals surface area contributed by atoms with E-state index >= 15 is 0 Å². The molecule has 116 valence electrons. The summed E-state index contributed by atoms with van der Waals surface area (Å²) in [5, 5.41) is 17.2. The first-order chi connectivity index (χ1) is 10.4. The Morgan fingerprint density at radius 2 is 1.50 bits per heavy atom. The Morgan fingerprint density at radius 3 is 2.09 bits per heavy atom. The number of carboxylic acids is 2. The monoisotopic (exact) mass is 308 g/mol. The molecule has 0 heterocycles. The molecule has 0 unspecified atom stereocenters. The van der Waals surface area contributed by atoms with Gasteiger partial charge < -0.3 is 19.7 Å². The van der Waals surface area contributed by atoms with E-state index in [0.717, 1.165) is 0 Å². The first-order valence-electron chi connectivity index (χ1n) is 5.99. The summed E-state index contributed by atoms with van der Waals surface area (Å²) in [5.41, 5.74) is -0.319. The van der Waals surface area contributed by atoms with Gasteiger partial charge in [-0.25, -0.2) is 19.2 Å². The van der Waals surface area contributed by atoms with Gasteiger partial charge in [0.2, 0.25) is 0 Å². The number of aliphatic carboxylic acids is 1. The van der Waals surface area contributed by atoms with Gasteiger partial charge >= 0.3 is 23.9 Å². The number of esters is 2. The highest BCUT2D eigenvalue weighted by molar-refractivity contribution is 6.02. The van der Waals surface area contributed by atoms with E-state index < -0.39 is 23.9 Å². The molecule has 1 rings (SSSR count). The first-order valence-corrected chi connectivity index (χ1v) is 5.99. The summed E-state index contributed by atoms with van der Waals surface area (Å²) >= 11 is 0. The van der Waals surface area contributed by atoms with Crippen molar-refractivity contribution in [2.45, 2.75) is 0 Å². The maximum atomic E-state index is 11.7. The molecule has 22 heavy (non-hydrogen) atoms. The molecule has 1 aromatic rings. The number of rotatable bonds is 7. The summed E-state index contributed by atoms with van der Waals surface area (Å²) in [6.45, 7) is -0.580. The highest BCUT2D eigenvalue weighted by Crippen LogP contribution is 2.10. The highest BCUT2D eigenvalue weighted by atomic mass is 16.6.